The summed E-state index contributed by atoms with van der Waals surface area (Å²) in [6.45, 7) is 2.38. The molecule has 1 atom stereocenters. The Bertz CT molecular complexity index is 764. The van der Waals surface area contributed by atoms with E-state index in [-0.39, 0.29) is 24.0 Å². The van der Waals surface area contributed by atoms with Gasteiger partial charge in [-0.25, -0.2) is 4.98 Å². The zero-order chi connectivity index (χ0) is 19.3. The Morgan fingerprint density at radius 3 is 2.71 bits per heavy atom. The first-order chi connectivity index (χ1) is 13.0. The molecule has 0 saturated carbocycles. The Balaban J connectivity index is 0.00000280. The lowest BCUT2D eigenvalue weighted by molar-refractivity contribution is -0.140. The molecule has 28 heavy (non-hydrogen) atoms. The van der Waals surface area contributed by atoms with Crippen LogP contribution in [0.15, 0.2) is 40.7 Å². The Kier molecular flexibility index (Phi) is 8.54. The van der Waals surface area contributed by atoms with Crippen molar-refractivity contribution < 1.29 is 13.2 Å². The van der Waals surface area contributed by atoms with Crippen LogP contribution in [0.4, 0.5) is 13.2 Å². The van der Waals surface area contributed by atoms with Crippen LogP contribution in [-0.2, 0) is 19.0 Å². The first-order valence-electron chi connectivity index (χ1n) is 8.97. The minimum absolute atomic E-state index is 0. The summed E-state index contributed by atoms with van der Waals surface area (Å²) in [5.41, 5.74) is 0.534. The number of nitrogens with one attached hydrogen (secondary N) is 1. The maximum absolute atomic E-state index is 12.6. The predicted molar refractivity (Wildman–Crippen MR) is 117 cm³/mol. The van der Waals surface area contributed by atoms with Crippen molar-refractivity contribution in [2.75, 3.05) is 26.7 Å². The summed E-state index contributed by atoms with van der Waals surface area (Å²) in [6.07, 6.45) is -1.77. The normalized spacial score (nSPS) is 17.5. The standard InChI is InChI=1S/C19H23F3N4S.HI/c1-23-18(24-9-7-17-25-16(13-27-17)19(20,21)22)26-10-8-15(12-26)11-14-5-3-2-4-6-14;/h2-6,13,15H,7-12H2,1H3,(H,23,24);1H. The molecule has 9 heteroatoms. The van der Waals surface area contributed by atoms with E-state index in [2.05, 4.69) is 44.5 Å². The second-order valence-corrected chi connectivity index (χ2v) is 7.58. The van der Waals surface area contributed by atoms with E-state index in [1.165, 1.54) is 5.56 Å². The number of guanidine groups is 1. The monoisotopic (exact) mass is 524 g/mol. The molecular formula is C19H24F3IN4S. The molecule has 0 amide bonds. The molecule has 1 aromatic carbocycles. The summed E-state index contributed by atoms with van der Waals surface area (Å²) in [5.74, 6) is 1.39. The molecule has 0 aliphatic carbocycles. The Morgan fingerprint density at radius 1 is 1.32 bits per heavy atom. The Labute approximate surface area is 184 Å². The molecule has 1 aromatic heterocycles. The summed E-state index contributed by atoms with van der Waals surface area (Å²) in [4.78, 5) is 10.2. The van der Waals surface area contributed by atoms with Gasteiger partial charge in [0.15, 0.2) is 11.7 Å². The summed E-state index contributed by atoms with van der Waals surface area (Å²) in [7, 11) is 1.73. The van der Waals surface area contributed by atoms with E-state index in [1.807, 2.05) is 6.07 Å². The zero-order valence-electron chi connectivity index (χ0n) is 15.6. The number of benzene rings is 1. The van der Waals surface area contributed by atoms with Crippen LogP contribution in [0.5, 0.6) is 0 Å². The minimum Gasteiger partial charge on any atom is -0.356 e. The third-order valence-corrected chi connectivity index (χ3v) is 5.54. The van der Waals surface area contributed by atoms with Gasteiger partial charge in [-0.1, -0.05) is 30.3 Å². The molecule has 2 aromatic rings. The van der Waals surface area contributed by atoms with Crippen LogP contribution < -0.4 is 5.32 Å². The highest BCUT2D eigenvalue weighted by Crippen LogP contribution is 2.30. The van der Waals surface area contributed by atoms with Gasteiger partial charge in [0, 0.05) is 38.5 Å². The zero-order valence-corrected chi connectivity index (χ0v) is 18.7. The van der Waals surface area contributed by atoms with Crippen molar-refractivity contribution in [3.05, 3.63) is 52.0 Å². The Morgan fingerprint density at radius 2 is 2.07 bits per heavy atom. The summed E-state index contributed by atoms with van der Waals surface area (Å²) < 4.78 is 37.8. The molecule has 3 rings (SSSR count). The number of alkyl halides is 3. The number of hydrogen-bond donors (Lipinski definition) is 1. The molecule has 2 heterocycles. The van der Waals surface area contributed by atoms with E-state index in [0.29, 0.717) is 23.9 Å². The van der Waals surface area contributed by atoms with Gasteiger partial charge in [0.2, 0.25) is 0 Å². The maximum atomic E-state index is 12.6. The summed E-state index contributed by atoms with van der Waals surface area (Å²) in [5, 5.41) is 4.80. The molecule has 0 spiro atoms. The number of rotatable bonds is 5. The van der Waals surface area contributed by atoms with Crippen molar-refractivity contribution in [2.24, 2.45) is 10.9 Å². The number of aliphatic imine (C=N–C) groups is 1. The fourth-order valence-electron chi connectivity index (χ4n) is 3.31. The molecule has 1 unspecified atom stereocenters. The van der Waals surface area contributed by atoms with Crippen molar-refractivity contribution >= 4 is 41.3 Å². The lowest BCUT2D eigenvalue weighted by Gasteiger charge is -2.21. The van der Waals surface area contributed by atoms with Gasteiger partial charge in [-0.15, -0.1) is 35.3 Å². The van der Waals surface area contributed by atoms with Gasteiger partial charge in [0.1, 0.15) is 0 Å². The predicted octanol–water partition coefficient (Wildman–Crippen LogP) is 4.46. The lowest BCUT2D eigenvalue weighted by Crippen LogP contribution is -2.41. The molecule has 0 bridgehead atoms. The first-order valence-corrected chi connectivity index (χ1v) is 9.85. The van der Waals surface area contributed by atoms with E-state index >= 15 is 0 Å². The van der Waals surface area contributed by atoms with Crippen LogP contribution in [-0.4, -0.2) is 42.5 Å². The smallest absolute Gasteiger partial charge is 0.356 e. The largest absolute Gasteiger partial charge is 0.434 e. The number of halogens is 4. The minimum atomic E-state index is -4.37. The van der Waals surface area contributed by atoms with Crippen LogP contribution in [0.25, 0.3) is 0 Å². The van der Waals surface area contributed by atoms with Crippen molar-refractivity contribution in [1.29, 1.82) is 0 Å². The molecule has 0 radical (unpaired) electrons. The Hall–Kier alpha value is -1.36. The molecule has 1 aliphatic rings. The number of likely N-dealkylation sites (tertiary alicyclic amines) is 1. The van der Waals surface area contributed by atoms with Crippen LogP contribution in [0, 0.1) is 5.92 Å². The van der Waals surface area contributed by atoms with Gasteiger partial charge in [0.25, 0.3) is 0 Å². The van der Waals surface area contributed by atoms with Gasteiger partial charge >= 0.3 is 6.18 Å². The van der Waals surface area contributed by atoms with E-state index in [0.717, 1.165) is 48.6 Å². The fraction of sp³-hybridized carbons (Fsp3) is 0.474. The number of thiazole rings is 1. The van der Waals surface area contributed by atoms with Crippen LogP contribution in [0.3, 0.4) is 0 Å². The SMILES string of the molecule is CN=C(NCCc1nc(C(F)(F)F)cs1)N1CCC(Cc2ccccc2)C1.I. The average Bonchev–Trinajstić information content (AvgIpc) is 3.29. The number of nitrogens with zero attached hydrogens (tertiary/aromatic N) is 3. The molecule has 1 aliphatic heterocycles. The second-order valence-electron chi connectivity index (χ2n) is 6.64. The van der Waals surface area contributed by atoms with Crippen molar-refractivity contribution in [1.82, 2.24) is 15.2 Å². The van der Waals surface area contributed by atoms with Crippen LogP contribution in [0.1, 0.15) is 22.7 Å². The molecule has 154 valence electrons. The highest BCUT2D eigenvalue weighted by Gasteiger charge is 2.33. The van der Waals surface area contributed by atoms with Crippen molar-refractivity contribution in [2.45, 2.75) is 25.4 Å². The van der Waals surface area contributed by atoms with Crippen molar-refractivity contribution in [3.63, 3.8) is 0 Å². The topological polar surface area (TPSA) is 40.5 Å². The maximum Gasteiger partial charge on any atom is 0.434 e. The first kappa shape index (κ1) is 22.9. The number of aromatic nitrogens is 1. The quantitative estimate of drug-likeness (QED) is 0.357. The van der Waals surface area contributed by atoms with E-state index in [9.17, 15) is 13.2 Å². The van der Waals surface area contributed by atoms with Gasteiger partial charge in [-0.05, 0) is 24.3 Å². The highest BCUT2D eigenvalue weighted by atomic mass is 127. The second kappa shape index (κ2) is 10.4. The highest BCUT2D eigenvalue weighted by molar-refractivity contribution is 14.0. The summed E-state index contributed by atoms with van der Waals surface area (Å²) >= 11 is 1.04. The third-order valence-electron chi connectivity index (χ3n) is 4.63. The third kappa shape index (κ3) is 6.33. The van der Waals surface area contributed by atoms with E-state index in [1.54, 1.807) is 7.05 Å². The number of hydrogen-bond acceptors (Lipinski definition) is 3. The molecule has 1 fully saturated rings. The lowest BCUT2D eigenvalue weighted by atomic mass is 9.99. The average molecular weight is 524 g/mol. The summed E-state index contributed by atoms with van der Waals surface area (Å²) in [6, 6.07) is 10.4. The molecule has 1 saturated heterocycles. The van der Waals surface area contributed by atoms with Crippen LogP contribution in [0.2, 0.25) is 0 Å². The molecule has 4 nitrogen and oxygen atoms in total. The van der Waals surface area contributed by atoms with Gasteiger partial charge in [-0.3, -0.25) is 4.99 Å². The van der Waals surface area contributed by atoms with E-state index < -0.39 is 11.9 Å². The van der Waals surface area contributed by atoms with Crippen molar-refractivity contribution in [3.8, 4) is 0 Å². The van der Waals surface area contributed by atoms with E-state index in [4.69, 9.17) is 0 Å². The van der Waals surface area contributed by atoms with Gasteiger partial charge in [0.05, 0.1) is 5.01 Å². The van der Waals surface area contributed by atoms with Gasteiger partial charge < -0.3 is 10.2 Å². The molecular weight excluding hydrogens is 500 g/mol. The van der Waals surface area contributed by atoms with Gasteiger partial charge in [-0.2, -0.15) is 13.2 Å². The molecule has 1 N–H and O–H groups in total. The van der Waals surface area contributed by atoms with Crippen LogP contribution >= 0.6 is 35.3 Å². The fourth-order valence-corrected chi connectivity index (χ4v) is 4.11.